The highest BCUT2D eigenvalue weighted by Crippen LogP contribution is 2.16. The van der Waals surface area contributed by atoms with Crippen molar-refractivity contribution in [2.75, 3.05) is 12.4 Å². The monoisotopic (exact) mass is 274 g/mol. The molecule has 20 heavy (non-hydrogen) atoms. The Labute approximate surface area is 117 Å². The fourth-order valence-electron chi connectivity index (χ4n) is 2.32. The summed E-state index contributed by atoms with van der Waals surface area (Å²) in [6.45, 7) is 3.21. The van der Waals surface area contributed by atoms with Crippen molar-refractivity contribution in [2.45, 2.75) is 39.0 Å². The zero-order valence-corrected chi connectivity index (χ0v) is 11.7. The Morgan fingerprint density at radius 1 is 1.40 bits per heavy atom. The van der Waals surface area contributed by atoms with Crippen LogP contribution in [0.3, 0.4) is 0 Å². The van der Waals surface area contributed by atoms with Crippen molar-refractivity contribution >= 4 is 5.95 Å². The summed E-state index contributed by atoms with van der Waals surface area (Å²) in [5.74, 6) is 2.44. The minimum absolute atomic E-state index is 0.280. The second-order valence-corrected chi connectivity index (χ2v) is 5.02. The number of anilines is 1. The van der Waals surface area contributed by atoms with Gasteiger partial charge < -0.3 is 10.1 Å². The van der Waals surface area contributed by atoms with Crippen LogP contribution in [0.2, 0.25) is 0 Å². The maximum absolute atomic E-state index is 5.07. The maximum Gasteiger partial charge on any atom is 0.222 e. The van der Waals surface area contributed by atoms with Gasteiger partial charge in [0.1, 0.15) is 12.4 Å². The van der Waals surface area contributed by atoms with Gasteiger partial charge in [-0.2, -0.15) is 5.10 Å². The van der Waals surface area contributed by atoms with Crippen molar-refractivity contribution in [2.24, 2.45) is 0 Å². The number of aryl methyl sites for hydroxylation is 2. The lowest BCUT2D eigenvalue weighted by molar-refractivity contribution is 0.177. The van der Waals surface area contributed by atoms with E-state index in [1.54, 1.807) is 7.11 Å². The van der Waals surface area contributed by atoms with E-state index in [9.17, 15) is 0 Å². The summed E-state index contributed by atoms with van der Waals surface area (Å²) in [5, 5.41) is 7.79. The van der Waals surface area contributed by atoms with Crippen LogP contribution < -0.4 is 5.32 Å². The number of hydrogen-bond acceptors (Lipinski definition) is 6. The van der Waals surface area contributed by atoms with Crippen LogP contribution in [0.15, 0.2) is 12.4 Å². The predicted molar refractivity (Wildman–Crippen MR) is 73.2 cm³/mol. The first-order chi connectivity index (χ1) is 9.74. The lowest BCUT2D eigenvalue weighted by Gasteiger charge is -2.23. The zero-order chi connectivity index (χ0) is 13.9. The van der Waals surface area contributed by atoms with Gasteiger partial charge in [0.2, 0.25) is 5.95 Å². The number of fused-ring (bicyclic) bond motifs is 1. The van der Waals surface area contributed by atoms with Crippen molar-refractivity contribution < 1.29 is 4.74 Å². The maximum atomic E-state index is 5.07. The average Bonchev–Trinajstić information content (AvgIpc) is 2.83. The molecule has 0 fully saturated rings. The molecular formula is C13H18N6O. The summed E-state index contributed by atoms with van der Waals surface area (Å²) in [6.07, 6.45) is 5.54. The van der Waals surface area contributed by atoms with Crippen LogP contribution in [0, 0.1) is 6.92 Å². The fourth-order valence-corrected chi connectivity index (χ4v) is 2.32. The summed E-state index contributed by atoms with van der Waals surface area (Å²) in [6, 6.07) is 0.280. The zero-order valence-electron chi connectivity index (χ0n) is 11.7. The lowest BCUT2D eigenvalue weighted by atomic mass is 10.1. The SMILES string of the molecule is COCc1nc2n(n1)CC(Nc1ncc(C)cn1)CC2. The van der Waals surface area contributed by atoms with E-state index >= 15 is 0 Å². The normalized spacial score (nSPS) is 17.8. The van der Waals surface area contributed by atoms with Gasteiger partial charge in [-0.15, -0.1) is 0 Å². The van der Waals surface area contributed by atoms with Crippen molar-refractivity contribution in [3.63, 3.8) is 0 Å². The molecule has 2 aromatic heterocycles. The summed E-state index contributed by atoms with van der Waals surface area (Å²) in [5.41, 5.74) is 1.06. The van der Waals surface area contributed by atoms with Gasteiger partial charge in [-0.1, -0.05) is 0 Å². The first-order valence-electron chi connectivity index (χ1n) is 6.71. The molecule has 0 amide bonds. The number of hydrogen-bond donors (Lipinski definition) is 1. The molecule has 0 spiro atoms. The van der Waals surface area contributed by atoms with Gasteiger partial charge in [0.25, 0.3) is 0 Å². The molecule has 7 heteroatoms. The van der Waals surface area contributed by atoms with Crippen molar-refractivity contribution in [3.05, 3.63) is 29.6 Å². The van der Waals surface area contributed by atoms with Gasteiger partial charge in [0.15, 0.2) is 5.82 Å². The molecule has 1 aliphatic heterocycles. The second kappa shape index (κ2) is 5.54. The van der Waals surface area contributed by atoms with E-state index in [1.807, 2.05) is 24.0 Å². The summed E-state index contributed by atoms with van der Waals surface area (Å²) in [4.78, 5) is 13.0. The molecule has 0 aromatic carbocycles. The van der Waals surface area contributed by atoms with Crippen LogP contribution in [-0.4, -0.2) is 37.9 Å². The Morgan fingerprint density at radius 3 is 2.95 bits per heavy atom. The molecule has 3 rings (SSSR count). The van der Waals surface area contributed by atoms with E-state index in [4.69, 9.17) is 4.74 Å². The number of rotatable bonds is 4. The summed E-state index contributed by atoms with van der Waals surface area (Å²) in [7, 11) is 1.65. The molecule has 0 radical (unpaired) electrons. The van der Waals surface area contributed by atoms with E-state index in [2.05, 4.69) is 25.4 Å². The quantitative estimate of drug-likeness (QED) is 0.894. The standard InChI is InChI=1S/C13H18N6O/c1-9-5-14-13(15-6-9)16-10-3-4-12-17-11(8-20-2)18-19(12)7-10/h5-6,10H,3-4,7-8H2,1-2H3,(H,14,15,16). The molecule has 3 heterocycles. The Kier molecular flexibility index (Phi) is 3.60. The highest BCUT2D eigenvalue weighted by molar-refractivity contribution is 5.26. The number of methoxy groups -OCH3 is 1. The first kappa shape index (κ1) is 13.0. The number of ether oxygens (including phenoxy) is 1. The molecule has 7 nitrogen and oxygen atoms in total. The number of aromatic nitrogens is 5. The molecule has 0 aliphatic carbocycles. The van der Waals surface area contributed by atoms with Gasteiger partial charge in [-0.05, 0) is 18.9 Å². The van der Waals surface area contributed by atoms with Gasteiger partial charge in [-0.25, -0.2) is 19.6 Å². The smallest absolute Gasteiger partial charge is 0.222 e. The minimum atomic E-state index is 0.280. The Morgan fingerprint density at radius 2 is 2.20 bits per heavy atom. The average molecular weight is 274 g/mol. The molecule has 106 valence electrons. The minimum Gasteiger partial charge on any atom is -0.377 e. The second-order valence-electron chi connectivity index (χ2n) is 5.02. The fraction of sp³-hybridized carbons (Fsp3) is 0.538. The van der Waals surface area contributed by atoms with E-state index in [0.29, 0.717) is 12.6 Å². The van der Waals surface area contributed by atoms with Crippen LogP contribution in [0.5, 0.6) is 0 Å². The van der Waals surface area contributed by atoms with Crippen molar-refractivity contribution in [3.8, 4) is 0 Å². The largest absolute Gasteiger partial charge is 0.377 e. The van der Waals surface area contributed by atoms with Crippen LogP contribution in [0.4, 0.5) is 5.95 Å². The molecule has 1 aliphatic rings. The van der Waals surface area contributed by atoms with Gasteiger partial charge in [0, 0.05) is 32.0 Å². The van der Waals surface area contributed by atoms with Crippen molar-refractivity contribution in [1.82, 2.24) is 24.7 Å². The highest BCUT2D eigenvalue weighted by atomic mass is 16.5. The molecule has 1 atom stereocenters. The van der Waals surface area contributed by atoms with Crippen LogP contribution >= 0.6 is 0 Å². The van der Waals surface area contributed by atoms with Crippen LogP contribution in [0.25, 0.3) is 0 Å². The molecule has 1 unspecified atom stereocenters. The Bertz CT molecular complexity index is 579. The molecule has 0 saturated carbocycles. The van der Waals surface area contributed by atoms with Gasteiger partial charge in [0.05, 0.1) is 6.54 Å². The third-order valence-corrected chi connectivity index (χ3v) is 3.29. The molecule has 2 aromatic rings. The van der Waals surface area contributed by atoms with Gasteiger partial charge >= 0.3 is 0 Å². The third-order valence-electron chi connectivity index (χ3n) is 3.29. The number of nitrogens with one attached hydrogen (secondary N) is 1. The Balaban J connectivity index is 1.67. The van der Waals surface area contributed by atoms with E-state index in [-0.39, 0.29) is 6.04 Å². The first-order valence-corrected chi connectivity index (χ1v) is 6.71. The van der Waals surface area contributed by atoms with E-state index in [1.165, 1.54) is 0 Å². The van der Waals surface area contributed by atoms with Gasteiger partial charge in [-0.3, -0.25) is 0 Å². The highest BCUT2D eigenvalue weighted by Gasteiger charge is 2.22. The van der Waals surface area contributed by atoms with Crippen molar-refractivity contribution in [1.29, 1.82) is 0 Å². The summed E-state index contributed by atoms with van der Waals surface area (Å²) >= 11 is 0. The molecular weight excluding hydrogens is 256 g/mol. The molecule has 0 bridgehead atoms. The lowest BCUT2D eigenvalue weighted by Crippen LogP contribution is -2.32. The molecule has 1 N–H and O–H groups in total. The Hall–Kier alpha value is -2.02. The van der Waals surface area contributed by atoms with Crippen LogP contribution in [-0.2, 0) is 24.3 Å². The van der Waals surface area contributed by atoms with Crippen LogP contribution in [0.1, 0.15) is 23.6 Å². The predicted octanol–water partition coefficient (Wildman–Crippen LogP) is 0.950. The van der Waals surface area contributed by atoms with E-state index < -0.39 is 0 Å². The summed E-state index contributed by atoms with van der Waals surface area (Å²) < 4.78 is 7.01. The number of nitrogens with zero attached hydrogens (tertiary/aromatic N) is 5. The third kappa shape index (κ3) is 2.77. The topological polar surface area (TPSA) is 77.8 Å². The molecule has 0 saturated heterocycles. The van der Waals surface area contributed by atoms with E-state index in [0.717, 1.165) is 36.6 Å².